The molecule has 0 saturated heterocycles. The van der Waals surface area contributed by atoms with E-state index in [1.807, 2.05) is 6.07 Å². The fourth-order valence-corrected chi connectivity index (χ4v) is 1.97. The van der Waals surface area contributed by atoms with Gasteiger partial charge in [0.2, 0.25) is 0 Å². The molecule has 95 valence electrons. The zero-order valence-electron chi connectivity index (χ0n) is 11.0. The van der Waals surface area contributed by atoms with Crippen LogP contribution >= 0.6 is 0 Å². The van der Waals surface area contributed by atoms with Crippen LogP contribution in [0.2, 0.25) is 0 Å². The van der Waals surface area contributed by atoms with Crippen LogP contribution in [0.1, 0.15) is 31.4 Å². The normalized spacial score (nSPS) is 12.3. The molecular weight excluding hydrogens is 216 g/mol. The number of hydrogen-bond acceptors (Lipinski definition) is 3. The van der Waals surface area contributed by atoms with Gasteiger partial charge in [0.05, 0.1) is 20.3 Å². The summed E-state index contributed by atoms with van der Waals surface area (Å²) in [5.74, 6) is 1.48. The van der Waals surface area contributed by atoms with Crippen molar-refractivity contribution in [1.29, 1.82) is 0 Å². The molecule has 0 bridgehead atoms. The van der Waals surface area contributed by atoms with Crippen molar-refractivity contribution >= 4 is 0 Å². The summed E-state index contributed by atoms with van der Waals surface area (Å²) in [6.45, 7) is 3.88. The SMILES string of the molecule is CCCc1c[c]c(OC)c(CC(C)O)c1OC. The van der Waals surface area contributed by atoms with Crippen molar-refractivity contribution in [3.05, 3.63) is 23.3 Å². The van der Waals surface area contributed by atoms with Gasteiger partial charge in [0.1, 0.15) is 11.5 Å². The summed E-state index contributed by atoms with van der Waals surface area (Å²) in [4.78, 5) is 0. The van der Waals surface area contributed by atoms with E-state index in [0.717, 1.165) is 29.7 Å². The van der Waals surface area contributed by atoms with Crippen molar-refractivity contribution in [2.24, 2.45) is 0 Å². The van der Waals surface area contributed by atoms with Gasteiger partial charge >= 0.3 is 0 Å². The first kappa shape index (κ1) is 13.8. The van der Waals surface area contributed by atoms with Crippen LogP contribution < -0.4 is 9.47 Å². The molecule has 1 N–H and O–H groups in total. The molecule has 1 aromatic rings. The van der Waals surface area contributed by atoms with Gasteiger partial charge < -0.3 is 14.6 Å². The quantitative estimate of drug-likeness (QED) is 0.825. The molecule has 0 saturated carbocycles. The maximum absolute atomic E-state index is 9.54. The Morgan fingerprint density at radius 3 is 2.53 bits per heavy atom. The third-order valence-corrected chi connectivity index (χ3v) is 2.64. The Balaban J connectivity index is 3.21. The van der Waals surface area contributed by atoms with E-state index in [0.29, 0.717) is 12.2 Å². The molecule has 1 aromatic carbocycles. The van der Waals surface area contributed by atoms with Gasteiger partial charge in [-0.25, -0.2) is 0 Å². The summed E-state index contributed by atoms with van der Waals surface area (Å²) in [5, 5.41) is 9.54. The van der Waals surface area contributed by atoms with Crippen LogP contribution in [0.15, 0.2) is 6.07 Å². The first-order valence-corrected chi connectivity index (χ1v) is 5.96. The second-order valence-electron chi connectivity index (χ2n) is 4.16. The molecule has 3 nitrogen and oxygen atoms in total. The van der Waals surface area contributed by atoms with Crippen LogP contribution in [0.4, 0.5) is 0 Å². The first-order valence-electron chi connectivity index (χ1n) is 5.96. The lowest BCUT2D eigenvalue weighted by atomic mass is 10.00. The van der Waals surface area contributed by atoms with Gasteiger partial charge in [-0.1, -0.05) is 13.3 Å². The molecule has 0 aliphatic heterocycles. The molecule has 0 amide bonds. The van der Waals surface area contributed by atoms with Crippen molar-refractivity contribution in [3.8, 4) is 11.5 Å². The van der Waals surface area contributed by atoms with Crippen molar-refractivity contribution in [2.75, 3.05) is 14.2 Å². The fourth-order valence-electron chi connectivity index (χ4n) is 1.97. The van der Waals surface area contributed by atoms with Gasteiger partial charge in [0.25, 0.3) is 0 Å². The van der Waals surface area contributed by atoms with Gasteiger partial charge in [-0.05, 0) is 25.0 Å². The summed E-state index contributed by atoms with van der Waals surface area (Å²) in [7, 11) is 3.26. The minimum Gasteiger partial charge on any atom is -0.496 e. The number of aliphatic hydroxyl groups is 1. The van der Waals surface area contributed by atoms with Crippen LogP contribution in [0.3, 0.4) is 0 Å². The molecule has 0 fully saturated rings. The molecule has 1 radical (unpaired) electrons. The monoisotopic (exact) mass is 237 g/mol. The van der Waals surface area contributed by atoms with E-state index in [1.54, 1.807) is 21.1 Å². The number of aryl methyl sites for hydroxylation is 1. The van der Waals surface area contributed by atoms with E-state index in [2.05, 4.69) is 13.0 Å². The van der Waals surface area contributed by atoms with Crippen LogP contribution in [0.25, 0.3) is 0 Å². The molecule has 0 aromatic heterocycles. The highest BCUT2D eigenvalue weighted by Gasteiger charge is 2.16. The molecule has 1 rings (SSSR count). The van der Waals surface area contributed by atoms with Crippen LogP contribution in [-0.2, 0) is 12.8 Å². The predicted octanol–water partition coefficient (Wildman–Crippen LogP) is 2.38. The highest BCUT2D eigenvalue weighted by molar-refractivity contribution is 5.50. The molecule has 0 aliphatic rings. The van der Waals surface area contributed by atoms with Crippen molar-refractivity contribution in [1.82, 2.24) is 0 Å². The molecular formula is C14H21O3. The Kier molecular flexibility index (Phi) is 5.29. The average molecular weight is 237 g/mol. The van der Waals surface area contributed by atoms with Gasteiger partial charge in [0.15, 0.2) is 0 Å². The average Bonchev–Trinajstić information content (AvgIpc) is 2.29. The third-order valence-electron chi connectivity index (χ3n) is 2.64. The summed E-state index contributed by atoms with van der Waals surface area (Å²) < 4.78 is 10.7. The van der Waals surface area contributed by atoms with Gasteiger partial charge in [-0.2, -0.15) is 0 Å². The molecule has 0 heterocycles. The third kappa shape index (κ3) is 3.37. The fraction of sp³-hybridized carbons (Fsp3) is 0.571. The summed E-state index contributed by atoms with van der Waals surface area (Å²) in [5.41, 5.74) is 2.02. The highest BCUT2D eigenvalue weighted by Crippen LogP contribution is 2.33. The highest BCUT2D eigenvalue weighted by atomic mass is 16.5. The largest absolute Gasteiger partial charge is 0.496 e. The van der Waals surface area contributed by atoms with Gasteiger partial charge in [-0.3, -0.25) is 0 Å². The van der Waals surface area contributed by atoms with E-state index in [4.69, 9.17) is 9.47 Å². The number of rotatable bonds is 6. The van der Waals surface area contributed by atoms with E-state index in [9.17, 15) is 5.11 Å². The molecule has 0 aliphatic carbocycles. The zero-order valence-corrected chi connectivity index (χ0v) is 11.0. The lowest BCUT2D eigenvalue weighted by Crippen LogP contribution is -2.09. The molecule has 3 heteroatoms. The van der Waals surface area contributed by atoms with E-state index >= 15 is 0 Å². The Labute approximate surface area is 103 Å². The lowest BCUT2D eigenvalue weighted by molar-refractivity contribution is 0.192. The standard InChI is InChI=1S/C14H21O3/c1-5-6-11-7-8-13(16-3)12(9-10(2)15)14(11)17-4/h7,10,15H,5-6,9H2,1-4H3. The predicted molar refractivity (Wildman–Crippen MR) is 67.8 cm³/mol. The Bertz CT molecular complexity index is 359. The maximum atomic E-state index is 9.54. The van der Waals surface area contributed by atoms with E-state index < -0.39 is 6.10 Å². The second-order valence-corrected chi connectivity index (χ2v) is 4.16. The van der Waals surface area contributed by atoms with Crippen LogP contribution in [-0.4, -0.2) is 25.4 Å². The van der Waals surface area contributed by atoms with Gasteiger partial charge in [0, 0.05) is 18.1 Å². The smallest absolute Gasteiger partial charge is 0.133 e. The Morgan fingerprint density at radius 1 is 1.35 bits per heavy atom. The van der Waals surface area contributed by atoms with Crippen LogP contribution in [0.5, 0.6) is 11.5 Å². The molecule has 1 atom stereocenters. The first-order chi connectivity index (χ1) is 8.13. The number of hydrogen-bond donors (Lipinski definition) is 1. The second kappa shape index (κ2) is 6.50. The minimum atomic E-state index is -0.428. The Hall–Kier alpha value is -1.22. The maximum Gasteiger partial charge on any atom is 0.133 e. The summed E-state index contributed by atoms with van der Waals surface area (Å²) in [6.07, 6.45) is 2.07. The van der Waals surface area contributed by atoms with Crippen LogP contribution in [0, 0.1) is 6.07 Å². The van der Waals surface area contributed by atoms with Crippen molar-refractivity contribution < 1.29 is 14.6 Å². The topological polar surface area (TPSA) is 38.7 Å². The molecule has 1 unspecified atom stereocenters. The zero-order chi connectivity index (χ0) is 12.8. The van der Waals surface area contributed by atoms with Crippen molar-refractivity contribution in [2.45, 2.75) is 39.2 Å². The number of ether oxygens (including phenoxy) is 2. The summed E-state index contributed by atoms with van der Waals surface area (Å²) >= 11 is 0. The molecule has 0 spiro atoms. The van der Waals surface area contributed by atoms with Gasteiger partial charge in [-0.15, -0.1) is 0 Å². The number of aliphatic hydroxyl groups excluding tert-OH is 1. The minimum absolute atomic E-state index is 0.428. The van der Waals surface area contributed by atoms with E-state index in [-0.39, 0.29) is 0 Å². The van der Waals surface area contributed by atoms with E-state index in [1.165, 1.54) is 0 Å². The number of methoxy groups -OCH3 is 2. The number of benzene rings is 1. The molecule has 17 heavy (non-hydrogen) atoms. The Morgan fingerprint density at radius 2 is 2.06 bits per heavy atom. The summed E-state index contributed by atoms with van der Waals surface area (Å²) in [6, 6.07) is 5.02. The lowest BCUT2D eigenvalue weighted by Gasteiger charge is -2.17. The van der Waals surface area contributed by atoms with Crippen molar-refractivity contribution in [3.63, 3.8) is 0 Å².